The molecule has 0 radical (unpaired) electrons. The Morgan fingerprint density at radius 1 is 1.30 bits per heavy atom. The molecule has 0 saturated heterocycles. The zero-order valence-corrected chi connectivity index (χ0v) is 12.8. The second kappa shape index (κ2) is 7.14. The zero-order chi connectivity index (χ0) is 15.3. The van der Waals surface area contributed by atoms with Gasteiger partial charge in [0.1, 0.15) is 6.54 Å². The average molecular weight is 298 g/mol. The van der Waals surface area contributed by atoms with Crippen LogP contribution in [-0.4, -0.2) is 48.8 Å². The highest BCUT2D eigenvalue weighted by Gasteiger charge is 2.20. The third-order valence-electron chi connectivity index (χ3n) is 2.85. The number of amides is 2. The number of carbonyl (C=O) groups excluding carboxylic acids is 2. The van der Waals surface area contributed by atoms with Gasteiger partial charge < -0.3 is 15.5 Å². The van der Waals surface area contributed by atoms with Gasteiger partial charge in [0.25, 0.3) is 5.91 Å². The Morgan fingerprint density at radius 3 is 2.45 bits per heavy atom. The van der Waals surface area contributed by atoms with E-state index in [1.165, 1.54) is 15.9 Å². The molecule has 0 aliphatic heterocycles. The lowest BCUT2D eigenvalue weighted by molar-refractivity contribution is -0.129. The molecule has 0 aromatic heterocycles. The quantitative estimate of drug-likeness (QED) is 0.844. The molecule has 110 valence electrons. The summed E-state index contributed by atoms with van der Waals surface area (Å²) in [6, 6.07) is 4.73. The lowest BCUT2D eigenvalue weighted by atomic mass is 10.1. The summed E-state index contributed by atoms with van der Waals surface area (Å²) < 4.78 is 0. The third-order valence-corrected chi connectivity index (χ3v) is 3.08. The van der Waals surface area contributed by atoms with Crippen molar-refractivity contribution in [2.45, 2.75) is 13.3 Å². The van der Waals surface area contributed by atoms with Crippen molar-refractivity contribution in [1.29, 1.82) is 0 Å². The maximum Gasteiger partial charge on any atom is 0.256 e. The summed E-state index contributed by atoms with van der Waals surface area (Å²) in [4.78, 5) is 27.2. The van der Waals surface area contributed by atoms with E-state index in [0.29, 0.717) is 22.8 Å². The minimum atomic E-state index is -0.254. The van der Waals surface area contributed by atoms with Gasteiger partial charge in [0.15, 0.2) is 0 Å². The summed E-state index contributed by atoms with van der Waals surface area (Å²) in [5.41, 5.74) is 6.51. The van der Waals surface area contributed by atoms with Gasteiger partial charge >= 0.3 is 0 Å². The van der Waals surface area contributed by atoms with Crippen molar-refractivity contribution in [2.75, 3.05) is 32.9 Å². The number of nitrogens with two attached hydrogens (primary N) is 1. The van der Waals surface area contributed by atoms with Crippen LogP contribution in [0.15, 0.2) is 18.2 Å². The van der Waals surface area contributed by atoms with Crippen LogP contribution in [0.1, 0.15) is 23.7 Å². The van der Waals surface area contributed by atoms with Gasteiger partial charge in [-0.2, -0.15) is 0 Å². The molecule has 0 unspecified atom stereocenters. The molecule has 1 aromatic rings. The minimum Gasteiger partial charge on any atom is -0.398 e. The summed E-state index contributed by atoms with van der Waals surface area (Å²) in [6.07, 6.45) is 0.764. The van der Waals surface area contributed by atoms with Gasteiger partial charge in [-0.1, -0.05) is 18.5 Å². The number of nitrogens with zero attached hydrogens (tertiary/aromatic N) is 2. The first-order chi connectivity index (χ1) is 9.36. The largest absolute Gasteiger partial charge is 0.398 e. The number of carbonyl (C=O) groups is 2. The third kappa shape index (κ3) is 4.13. The van der Waals surface area contributed by atoms with Crippen molar-refractivity contribution in [3.63, 3.8) is 0 Å². The number of hydrogen-bond donors (Lipinski definition) is 1. The van der Waals surface area contributed by atoms with Crippen LogP contribution in [0.25, 0.3) is 0 Å². The van der Waals surface area contributed by atoms with E-state index in [1.807, 2.05) is 6.92 Å². The molecule has 0 spiro atoms. The normalized spacial score (nSPS) is 10.2. The van der Waals surface area contributed by atoms with Gasteiger partial charge in [-0.15, -0.1) is 0 Å². The molecule has 0 heterocycles. The molecule has 0 bridgehead atoms. The van der Waals surface area contributed by atoms with Crippen molar-refractivity contribution in [2.24, 2.45) is 0 Å². The summed E-state index contributed by atoms with van der Waals surface area (Å²) >= 11 is 5.82. The molecular weight excluding hydrogens is 278 g/mol. The maximum absolute atomic E-state index is 12.5. The van der Waals surface area contributed by atoms with E-state index in [1.54, 1.807) is 26.2 Å². The molecule has 6 heteroatoms. The second-order valence-corrected chi connectivity index (χ2v) is 5.18. The molecule has 0 aliphatic carbocycles. The van der Waals surface area contributed by atoms with Crippen LogP contribution in [0.5, 0.6) is 0 Å². The predicted molar refractivity (Wildman–Crippen MR) is 80.8 cm³/mol. The van der Waals surface area contributed by atoms with Gasteiger partial charge in [0.2, 0.25) is 5.91 Å². The van der Waals surface area contributed by atoms with Crippen LogP contribution in [0.3, 0.4) is 0 Å². The number of anilines is 1. The van der Waals surface area contributed by atoms with Crippen LogP contribution in [0.2, 0.25) is 5.02 Å². The lowest BCUT2D eigenvalue weighted by Gasteiger charge is -2.24. The molecular formula is C14H20ClN3O2. The number of likely N-dealkylation sites (N-methyl/N-ethyl adjacent to an activating group) is 1. The number of hydrogen-bond acceptors (Lipinski definition) is 3. The highest BCUT2D eigenvalue weighted by molar-refractivity contribution is 6.31. The van der Waals surface area contributed by atoms with Crippen molar-refractivity contribution in [3.8, 4) is 0 Å². The SMILES string of the molecule is CCCN(CC(=O)N(C)C)C(=O)c1ccc(Cl)cc1N. The van der Waals surface area contributed by atoms with Crippen molar-refractivity contribution in [1.82, 2.24) is 9.80 Å². The highest BCUT2D eigenvalue weighted by atomic mass is 35.5. The Kier molecular flexibility index (Phi) is 5.82. The zero-order valence-electron chi connectivity index (χ0n) is 12.0. The number of nitrogen functional groups attached to an aromatic ring is 1. The van der Waals surface area contributed by atoms with E-state index in [0.717, 1.165) is 6.42 Å². The predicted octanol–water partition coefficient (Wildman–Crippen LogP) is 1.86. The van der Waals surface area contributed by atoms with Crippen LogP contribution in [0, 0.1) is 0 Å². The van der Waals surface area contributed by atoms with E-state index < -0.39 is 0 Å². The topological polar surface area (TPSA) is 66.6 Å². The fourth-order valence-corrected chi connectivity index (χ4v) is 1.91. The van der Waals surface area contributed by atoms with Crippen molar-refractivity contribution >= 4 is 29.1 Å². The summed E-state index contributed by atoms with van der Waals surface area (Å²) in [7, 11) is 3.32. The molecule has 2 amide bonds. The fraction of sp³-hybridized carbons (Fsp3) is 0.429. The van der Waals surface area contributed by atoms with Crippen LogP contribution in [-0.2, 0) is 4.79 Å². The Labute approximate surface area is 124 Å². The monoisotopic (exact) mass is 297 g/mol. The molecule has 0 atom stereocenters. The van der Waals surface area contributed by atoms with Crippen LogP contribution >= 0.6 is 11.6 Å². The fourth-order valence-electron chi connectivity index (χ4n) is 1.73. The van der Waals surface area contributed by atoms with Gasteiger partial charge in [0.05, 0.1) is 5.56 Å². The highest BCUT2D eigenvalue weighted by Crippen LogP contribution is 2.19. The van der Waals surface area contributed by atoms with Crippen LogP contribution in [0.4, 0.5) is 5.69 Å². The number of halogens is 1. The Balaban J connectivity index is 2.96. The summed E-state index contributed by atoms with van der Waals surface area (Å²) in [5, 5.41) is 0.477. The lowest BCUT2D eigenvalue weighted by Crippen LogP contribution is -2.40. The Bertz CT molecular complexity index is 503. The summed E-state index contributed by atoms with van der Waals surface area (Å²) in [5.74, 6) is -0.379. The van der Waals surface area contributed by atoms with Crippen LogP contribution < -0.4 is 5.73 Å². The smallest absolute Gasteiger partial charge is 0.256 e. The molecule has 0 aliphatic rings. The van der Waals surface area contributed by atoms with Gasteiger partial charge in [-0.25, -0.2) is 0 Å². The number of benzene rings is 1. The first-order valence-electron chi connectivity index (χ1n) is 6.41. The molecule has 2 N–H and O–H groups in total. The molecule has 0 fully saturated rings. The minimum absolute atomic E-state index is 0.0434. The maximum atomic E-state index is 12.5. The molecule has 5 nitrogen and oxygen atoms in total. The van der Waals surface area contributed by atoms with E-state index in [2.05, 4.69) is 0 Å². The molecule has 1 aromatic carbocycles. The molecule has 1 rings (SSSR count). The van der Waals surface area contributed by atoms with E-state index in [9.17, 15) is 9.59 Å². The van der Waals surface area contributed by atoms with Gasteiger partial charge in [-0.3, -0.25) is 9.59 Å². The average Bonchev–Trinajstić information content (AvgIpc) is 2.37. The van der Waals surface area contributed by atoms with Crippen molar-refractivity contribution < 1.29 is 9.59 Å². The first kappa shape index (κ1) is 16.3. The number of rotatable bonds is 5. The summed E-state index contributed by atoms with van der Waals surface area (Å²) in [6.45, 7) is 2.49. The van der Waals surface area contributed by atoms with E-state index in [-0.39, 0.29) is 18.4 Å². The standard InChI is InChI=1S/C14H20ClN3O2/c1-4-7-18(9-13(19)17(2)3)14(20)11-6-5-10(15)8-12(11)16/h5-6,8H,4,7,9,16H2,1-3H3. The molecule has 20 heavy (non-hydrogen) atoms. The molecule has 0 saturated carbocycles. The second-order valence-electron chi connectivity index (χ2n) is 4.75. The Morgan fingerprint density at radius 2 is 1.95 bits per heavy atom. The van der Waals surface area contributed by atoms with Gasteiger partial charge in [0, 0.05) is 31.4 Å². The Hall–Kier alpha value is -1.75. The van der Waals surface area contributed by atoms with E-state index in [4.69, 9.17) is 17.3 Å². The van der Waals surface area contributed by atoms with E-state index >= 15 is 0 Å². The first-order valence-corrected chi connectivity index (χ1v) is 6.79. The van der Waals surface area contributed by atoms with Crippen molar-refractivity contribution in [3.05, 3.63) is 28.8 Å². The van der Waals surface area contributed by atoms with Gasteiger partial charge in [-0.05, 0) is 24.6 Å².